The van der Waals surface area contributed by atoms with E-state index in [1.54, 1.807) is 0 Å². The minimum absolute atomic E-state index is 0.748. The number of rotatable bonds is 7. The zero-order chi connectivity index (χ0) is 15.7. The van der Waals surface area contributed by atoms with Gasteiger partial charge in [-0.1, -0.05) is 25.4 Å². The third-order valence-corrected chi connectivity index (χ3v) is 3.62. The molecule has 0 saturated heterocycles. The van der Waals surface area contributed by atoms with Gasteiger partial charge in [-0.05, 0) is 51.0 Å². The van der Waals surface area contributed by atoms with Gasteiger partial charge in [0.1, 0.15) is 0 Å². The van der Waals surface area contributed by atoms with E-state index in [2.05, 4.69) is 37.5 Å². The molecule has 118 valence electrons. The van der Waals surface area contributed by atoms with Gasteiger partial charge >= 0.3 is 0 Å². The van der Waals surface area contributed by atoms with Gasteiger partial charge in [-0.15, -0.1) is 0 Å². The highest BCUT2D eigenvalue weighted by Gasteiger charge is 2.15. The Balaban J connectivity index is 3.12. The molecule has 0 fully saturated rings. The average molecular weight is 310 g/mol. The summed E-state index contributed by atoms with van der Waals surface area (Å²) in [5, 5.41) is 0.748. The summed E-state index contributed by atoms with van der Waals surface area (Å²) in [6.07, 6.45) is 2.25. The summed E-state index contributed by atoms with van der Waals surface area (Å²) in [6.45, 7) is 12.8. The second kappa shape index (κ2) is 9.67. The second-order valence-corrected chi connectivity index (χ2v) is 5.48. The summed E-state index contributed by atoms with van der Waals surface area (Å²) in [5.41, 5.74) is 0.957. The van der Waals surface area contributed by atoms with Crippen molar-refractivity contribution in [1.29, 1.82) is 0 Å². The molecule has 1 aromatic rings. The van der Waals surface area contributed by atoms with Crippen molar-refractivity contribution in [2.45, 2.75) is 40.5 Å². The van der Waals surface area contributed by atoms with E-state index in [1.807, 2.05) is 24.3 Å². The Morgan fingerprint density at radius 3 is 1.86 bits per heavy atom. The first-order valence-electron chi connectivity index (χ1n) is 8.00. The van der Waals surface area contributed by atoms with Gasteiger partial charge in [0, 0.05) is 31.2 Å². The summed E-state index contributed by atoms with van der Waals surface area (Å²) < 4.78 is 0. The van der Waals surface area contributed by atoms with Crippen LogP contribution in [0.25, 0.3) is 0 Å². The Hall–Kier alpha value is -1.22. The van der Waals surface area contributed by atoms with Crippen LogP contribution in [-0.4, -0.2) is 41.9 Å². The van der Waals surface area contributed by atoms with Gasteiger partial charge in [0.2, 0.25) is 5.96 Å². The topological polar surface area (TPSA) is 18.8 Å². The molecule has 3 nitrogen and oxygen atoms in total. The molecule has 1 aromatic carbocycles. The lowest BCUT2D eigenvalue weighted by Gasteiger charge is -2.33. The first-order valence-corrected chi connectivity index (χ1v) is 8.38. The van der Waals surface area contributed by atoms with Crippen molar-refractivity contribution in [3.63, 3.8) is 0 Å². The molecule has 0 aliphatic carbocycles. The van der Waals surface area contributed by atoms with Gasteiger partial charge in [-0.3, -0.25) is 0 Å². The number of halogens is 1. The number of guanidine groups is 1. The maximum atomic E-state index is 5.96. The molecule has 0 amide bonds. The summed E-state index contributed by atoms with van der Waals surface area (Å²) in [6, 6.07) is 7.73. The lowest BCUT2D eigenvalue weighted by molar-refractivity contribution is 0.330. The maximum Gasteiger partial charge on any atom is 0.201 e. The quantitative estimate of drug-likeness (QED) is 0.532. The molecule has 0 radical (unpaired) electrons. The van der Waals surface area contributed by atoms with E-state index in [9.17, 15) is 0 Å². The molecular weight excluding hydrogens is 282 g/mol. The van der Waals surface area contributed by atoms with Crippen LogP contribution < -0.4 is 0 Å². The van der Waals surface area contributed by atoms with Gasteiger partial charge in [0.05, 0.1) is 5.69 Å². The second-order valence-electron chi connectivity index (χ2n) is 5.05. The zero-order valence-corrected chi connectivity index (χ0v) is 14.5. The molecule has 1 rings (SSSR count). The van der Waals surface area contributed by atoms with Crippen LogP contribution in [0.3, 0.4) is 0 Å². The lowest BCUT2D eigenvalue weighted by atomic mass is 10.3. The van der Waals surface area contributed by atoms with Gasteiger partial charge in [-0.25, -0.2) is 4.99 Å². The van der Waals surface area contributed by atoms with E-state index in [0.717, 1.165) is 55.7 Å². The highest BCUT2D eigenvalue weighted by Crippen LogP contribution is 2.18. The molecule has 0 heterocycles. The molecule has 0 aliphatic heterocycles. The van der Waals surface area contributed by atoms with Crippen molar-refractivity contribution in [2.75, 3.05) is 26.2 Å². The van der Waals surface area contributed by atoms with E-state index < -0.39 is 0 Å². The summed E-state index contributed by atoms with van der Waals surface area (Å²) >= 11 is 5.96. The maximum absolute atomic E-state index is 5.96. The van der Waals surface area contributed by atoms with E-state index in [0.29, 0.717) is 0 Å². The molecule has 4 heteroatoms. The Kier molecular flexibility index (Phi) is 8.21. The first-order chi connectivity index (χ1) is 10.2. The third-order valence-electron chi connectivity index (χ3n) is 3.37. The highest BCUT2D eigenvalue weighted by atomic mass is 35.5. The SMILES string of the molecule is CCCN(CCC)/C(=N/c1ccc(Cl)cc1)N(CC)CC. The monoisotopic (exact) mass is 309 g/mol. The lowest BCUT2D eigenvalue weighted by Crippen LogP contribution is -2.45. The van der Waals surface area contributed by atoms with E-state index in [-0.39, 0.29) is 0 Å². The van der Waals surface area contributed by atoms with Crippen molar-refractivity contribution < 1.29 is 0 Å². The van der Waals surface area contributed by atoms with E-state index in [1.165, 1.54) is 0 Å². The predicted octanol–water partition coefficient (Wildman–Crippen LogP) is 4.79. The van der Waals surface area contributed by atoms with Crippen molar-refractivity contribution in [2.24, 2.45) is 4.99 Å². The number of hydrogen-bond donors (Lipinski definition) is 0. The minimum atomic E-state index is 0.748. The van der Waals surface area contributed by atoms with Crippen molar-refractivity contribution >= 4 is 23.2 Å². The number of benzene rings is 1. The van der Waals surface area contributed by atoms with Crippen LogP contribution in [0.1, 0.15) is 40.5 Å². The standard InChI is InChI=1S/C17H28ClN3/c1-5-13-21(14-6-2)17(20(7-3)8-4)19-16-11-9-15(18)10-12-16/h9-12H,5-8,13-14H2,1-4H3/b19-17+. The van der Waals surface area contributed by atoms with E-state index in [4.69, 9.17) is 16.6 Å². The Bertz CT molecular complexity index is 418. The van der Waals surface area contributed by atoms with Crippen molar-refractivity contribution in [3.8, 4) is 0 Å². The molecule has 0 aliphatic rings. The van der Waals surface area contributed by atoms with Gasteiger partial charge < -0.3 is 9.80 Å². The normalized spacial score (nSPS) is 11.6. The van der Waals surface area contributed by atoms with Crippen LogP contribution in [0.2, 0.25) is 5.02 Å². The zero-order valence-electron chi connectivity index (χ0n) is 13.8. The minimum Gasteiger partial charge on any atom is -0.343 e. The molecule has 0 spiro atoms. The summed E-state index contributed by atoms with van der Waals surface area (Å²) in [4.78, 5) is 9.60. The Morgan fingerprint density at radius 2 is 1.43 bits per heavy atom. The molecule has 0 atom stereocenters. The molecule has 0 unspecified atom stereocenters. The average Bonchev–Trinajstić information content (AvgIpc) is 2.49. The number of hydrogen-bond acceptors (Lipinski definition) is 1. The molecule has 0 N–H and O–H groups in total. The van der Waals surface area contributed by atoms with Crippen molar-refractivity contribution in [1.82, 2.24) is 9.80 Å². The van der Waals surface area contributed by atoms with Crippen molar-refractivity contribution in [3.05, 3.63) is 29.3 Å². The Morgan fingerprint density at radius 1 is 0.905 bits per heavy atom. The van der Waals surface area contributed by atoms with Gasteiger partial charge in [-0.2, -0.15) is 0 Å². The molecule has 0 saturated carbocycles. The molecule has 0 aromatic heterocycles. The van der Waals surface area contributed by atoms with Crippen LogP contribution in [0.5, 0.6) is 0 Å². The third kappa shape index (κ3) is 5.58. The van der Waals surface area contributed by atoms with Gasteiger partial charge in [0.25, 0.3) is 0 Å². The molecular formula is C17H28ClN3. The number of aliphatic imine (C=N–C) groups is 1. The number of nitrogens with zero attached hydrogens (tertiary/aromatic N) is 3. The van der Waals surface area contributed by atoms with E-state index >= 15 is 0 Å². The van der Waals surface area contributed by atoms with Gasteiger partial charge in [0.15, 0.2) is 0 Å². The van der Waals surface area contributed by atoms with Crippen LogP contribution in [-0.2, 0) is 0 Å². The fraction of sp³-hybridized carbons (Fsp3) is 0.588. The van der Waals surface area contributed by atoms with Crippen LogP contribution in [0.4, 0.5) is 5.69 Å². The molecule has 0 bridgehead atoms. The largest absolute Gasteiger partial charge is 0.343 e. The fourth-order valence-corrected chi connectivity index (χ4v) is 2.46. The predicted molar refractivity (Wildman–Crippen MR) is 93.6 cm³/mol. The summed E-state index contributed by atoms with van der Waals surface area (Å²) in [7, 11) is 0. The van der Waals surface area contributed by atoms with Crippen LogP contribution in [0, 0.1) is 0 Å². The van der Waals surface area contributed by atoms with Crippen LogP contribution in [0.15, 0.2) is 29.3 Å². The van der Waals surface area contributed by atoms with Crippen LogP contribution >= 0.6 is 11.6 Å². The smallest absolute Gasteiger partial charge is 0.201 e. The molecule has 21 heavy (non-hydrogen) atoms. The first kappa shape index (κ1) is 17.8. The summed E-state index contributed by atoms with van der Waals surface area (Å²) in [5.74, 6) is 1.08. The highest BCUT2D eigenvalue weighted by molar-refractivity contribution is 6.30. The Labute approximate surface area is 134 Å². The fourth-order valence-electron chi connectivity index (χ4n) is 2.33.